The molecule has 0 spiro atoms. The molecule has 31 heavy (non-hydrogen) atoms. The van der Waals surface area contributed by atoms with Crippen molar-refractivity contribution < 1.29 is 23.9 Å². The maximum absolute atomic E-state index is 12.7. The zero-order valence-electron chi connectivity index (χ0n) is 15.9. The molecule has 3 aromatic rings. The number of hydrogen-bond acceptors (Lipinski definition) is 6. The second kappa shape index (κ2) is 8.34. The van der Waals surface area contributed by atoms with Crippen LogP contribution in [0.2, 0.25) is 0 Å². The van der Waals surface area contributed by atoms with Crippen LogP contribution in [0.15, 0.2) is 70.0 Å². The number of rotatable bonds is 5. The summed E-state index contributed by atoms with van der Waals surface area (Å²) in [4.78, 5) is 37.6. The molecular formula is C23H14N2O5S. The smallest absolute Gasteiger partial charge is 0.335 e. The van der Waals surface area contributed by atoms with E-state index in [4.69, 9.17) is 9.52 Å². The molecule has 1 fully saturated rings. The standard InChI is InChI=1S/C23H14N2O5S/c24-12-16-4-1-2-5-17(16)13-25-21(26)20(31-23(25)29)11-18-8-9-19(30-18)14-6-3-7-15(10-14)22(27)28/h1-11H,13H2,(H,27,28)/b20-11+. The molecule has 0 bridgehead atoms. The zero-order chi connectivity index (χ0) is 22.0. The molecule has 1 saturated heterocycles. The fourth-order valence-corrected chi connectivity index (χ4v) is 3.91. The third-order valence-electron chi connectivity index (χ3n) is 4.63. The number of hydrogen-bond donors (Lipinski definition) is 1. The van der Waals surface area contributed by atoms with Crippen molar-refractivity contribution in [3.8, 4) is 17.4 Å². The maximum atomic E-state index is 12.7. The van der Waals surface area contributed by atoms with E-state index >= 15 is 0 Å². The van der Waals surface area contributed by atoms with Gasteiger partial charge in [0.2, 0.25) is 0 Å². The minimum absolute atomic E-state index is 0.0110. The van der Waals surface area contributed by atoms with E-state index < -0.39 is 17.1 Å². The van der Waals surface area contributed by atoms with Crippen molar-refractivity contribution in [2.24, 2.45) is 0 Å². The lowest BCUT2D eigenvalue weighted by Gasteiger charge is -2.13. The Morgan fingerprint density at radius 1 is 1.13 bits per heavy atom. The highest BCUT2D eigenvalue weighted by Gasteiger charge is 2.35. The first-order valence-corrected chi connectivity index (χ1v) is 9.95. The van der Waals surface area contributed by atoms with Crippen LogP contribution in [-0.4, -0.2) is 27.1 Å². The molecular weight excluding hydrogens is 416 g/mol. The third kappa shape index (κ3) is 4.13. The molecule has 4 rings (SSSR count). The predicted molar refractivity (Wildman–Crippen MR) is 114 cm³/mol. The number of amides is 2. The zero-order valence-corrected chi connectivity index (χ0v) is 16.8. The Hall–Kier alpha value is -4.09. The van der Waals surface area contributed by atoms with Crippen LogP contribution in [0.4, 0.5) is 4.79 Å². The van der Waals surface area contributed by atoms with Crippen LogP contribution < -0.4 is 0 Å². The first kappa shape index (κ1) is 20.2. The normalized spacial score (nSPS) is 14.8. The minimum Gasteiger partial charge on any atom is -0.478 e. The molecule has 1 N–H and O–H groups in total. The lowest BCUT2D eigenvalue weighted by atomic mass is 10.1. The molecule has 0 atom stereocenters. The number of carboxylic acids is 1. The van der Waals surface area contributed by atoms with Crippen LogP contribution in [-0.2, 0) is 11.3 Å². The highest BCUT2D eigenvalue weighted by Crippen LogP contribution is 2.34. The average molecular weight is 430 g/mol. The monoisotopic (exact) mass is 430 g/mol. The van der Waals surface area contributed by atoms with Gasteiger partial charge < -0.3 is 9.52 Å². The number of thioether (sulfide) groups is 1. The molecule has 8 heteroatoms. The molecule has 0 aliphatic carbocycles. The first-order valence-electron chi connectivity index (χ1n) is 9.13. The fourth-order valence-electron chi connectivity index (χ4n) is 3.09. The average Bonchev–Trinajstić information content (AvgIpc) is 3.34. The van der Waals surface area contributed by atoms with Gasteiger partial charge >= 0.3 is 5.97 Å². The van der Waals surface area contributed by atoms with E-state index in [0.29, 0.717) is 28.2 Å². The van der Waals surface area contributed by atoms with Crippen molar-refractivity contribution >= 4 is 35.0 Å². The van der Waals surface area contributed by atoms with E-state index in [0.717, 1.165) is 16.7 Å². The highest BCUT2D eigenvalue weighted by atomic mass is 32.2. The Morgan fingerprint density at radius 3 is 2.71 bits per heavy atom. The second-order valence-corrected chi connectivity index (χ2v) is 7.62. The first-order chi connectivity index (χ1) is 15.0. The van der Waals surface area contributed by atoms with Gasteiger partial charge in [-0.2, -0.15) is 5.26 Å². The van der Waals surface area contributed by atoms with E-state index in [1.807, 2.05) is 0 Å². The Bertz CT molecular complexity index is 1280. The van der Waals surface area contributed by atoms with Crippen molar-refractivity contribution in [2.75, 3.05) is 0 Å². The van der Waals surface area contributed by atoms with Gasteiger partial charge in [-0.3, -0.25) is 14.5 Å². The van der Waals surface area contributed by atoms with Crippen LogP contribution >= 0.6 is 11.8 Å². The van der Waals surface area contributed by atoms with E-state index in [1.54, 1.807) is 48.5 Å². The lowest BCUT2D eigenvalue weighted by Crippen LogP contribution is -2.27. The summed E-state index contributed by atoms with van der Waals surface area (Å²) >= 11 is 0.799. The van der Waals surface area contributed by atoms with E-state index in [1.165, 1.54) is 18.2 Å². The number of nitriles is 1. The van der Waals surface area contributed by atoms with E-state index in [-0.39, 0.29) is 17.0 Å². The molecule has 152 valence electrons. The van der Waals surface area contributed by atoms with Gasteiger partial charge in [0, 0.05) is 11.6 Å². The number of imide groups is 1. The Labute approximate surface area is 181 Å². The summed E-state index contributed by atoms with van der Waals surface area (Å²) in [6, 6.07) is 18.5. The van der Waals surface area contributed by atoms with Gasteiger partial charge in [0.15, 0.2) is 0 Å². The van der Waals surface area contributed by atoms with Crippen LogP contribution in [0.25, 0.3) is 17.4 Å². The molecule has 0 saturated carbocycles. The minimum atomic E-state index is -1.04. The summed E-state index contributed by atoms with van der Waals surface area (Å²) in [5, 5.41) is 17.9. The topological polar surface area (TPSA) is 112 Å². The van der Waals surface area contributed by atoms with Crippen molar-refractivity contribution in [2.45, 2.75) is 6.54 Å². The van der Waals surface area contributed by atoms with Gasteiger partial charge in [0.05, 0.1) is 28.6 Å². The fraction of sp³-hybridized carbons (Fsp3) is 0.0435. The van der Waals surface area contributed by atoms with E-state index in [9.17, 15) is 19.6 Å². The molecule has 2 aromatic carbocycles. The number of aromatic carboxylic acids is 1. The molecule has 2 amide bonds. The molecule has 7 nitrogen and oxygen atoms in total. The number of carbonyl (C=O) groups is 3. The van der Waals surface area contributed by atoms with Crippen molar-refractivity contribution in [3.05, 3.63) is 88.0 Å². The van der Waals surface area contributed by atoms with Crippen molar-refractivity contribution in [3.63, 3.8) is 0 Å². The Balaban J connectivity index is 1.56. The SMILES string of the molecule is N#Cc1ccccc1CN1C(=O)S/C(=C/c2ccc(-c3cccc(C(=O)O)c3)o2)C1=O. The molecule has 1 aliphatic rings. The van der Waals surface area contributed by atoms with Crippen LogP contribution in [0.1, 0.15) is 27.2 Å². The van der Waals surface area contributed by atoms with Crippen LogP contribution in [0, 0.1) is 11.3 Å². The van der Waals surface area contributed by atoms with Gasteiger partial charge in [0.1, 0.15) is 11.5 Å². The van der Waals surface area contributed by atoms with Crippen LogP contribution in [0.5, 0.6) is 0 Å². The molecule has 1 aliphatic heterocycles. The quantitative estimate of drug-likeness (QED) is 0.581. The molecule has 1 aromatic heterocycles. The largest absolute Gasteiger partial charge is 0.478 e. The van der Waals surface area contributed by atoms with Gasteiger partial charge in [-0.25, -0.2) is 4.79 Å². The van der Waals surface area contributed by atoms with Gasteiger partial charge in [-0.15, -0.1) is 0 Å². The summed E-state index contributed by atoms with van der Waals surface area (Å²) < 4.78 is 5.73. The van der Waals surface area contributed by atoms with E-state index in [2.05, 4.69) is 6.07 Å². The van der Waals surface area contributed by atoms with Crippen LogP contribution in [0.3, 0.4) is 0 Å². The molecule has 0 radical (unpaired) electrons. The Kier molecular flexibility index (Phi) is 5.43. The van der Waals surface area contributed by atoms with Gasteiger partial charge in [0.25, 0.3) is 11.1 Å². The number of carbonyl (C=O) groups excluding carboxylic acids is 2. The summed E-state index contributed by atoms with van der Waals surface area (Å²) in [7, 11) is 0. The molecule has 2 heterocycles. The maximum Gasteiger partial charge on any atom is 0.335 e. The number of furan rings is 1. The summed E-state index contributed by atoms with van der Waals surface area (Å²) in [5.41, 5.74) is 1.71. The number of carboxylic acid groups (broad SMARTS) is 1. The Morgan fingerprint density at radius 2 is 1.94 bits per heavy atom. The predicted octanol–water partition coefficient (Wildman–Crippen LogP) is 4.75. The van der Waals surface area contributed by atoms with Crippen molar-refractivity contribution in [1.29, 1.82) is 5.26 Å². The summed E-state index contributed by atoms with van der Waals surface area (Å²) in [5.74, 6) is -0.705. The number of benzene rings is 2. The summed E-state index contributed by atoms with van der Waals surface area (Å²) in [6.07, 6.45) is 1.48. The molecule has 0 unspecified atom stereocenters. The summed E-state index contributed by atoms with van der Waals surface area (Å²) in [6.45, 7) is 0.0110. The third-order valence-corrected chi connectivity index (χ3v) is 5.54. The van der Waals surface area contributed by atoms with Gasteiger partial charge in [-0.1, -0.05) is 30.3 Å². The second-order valence-electron chi connectivity index (χ2n) is 6.62. The van der Waals surface area contributed by atoms with Gasteiger partial charge in [-0.05, 0) is 47.7 Å². The lowest BCUT2D eigenvalue weighted by molar-refractivity contribution is -0.123. The highest BCUT2D eigenvalue weighted by molar-refractivity contribution is 8.18. The van der Waals surface area contributed by atoms with Crippen molar-refractivity contribution in [1.82, 2.24) is 4.90 Å². The number of nitrogens with zero attached hydrogens (tertiary/aromatic N) is 2.